The topological polar surface area (TPSA) is 77.0 Å². The van der Waals surface area contributed by atoms with Crippen LogP contribution in [0.3, 0.4) is 0 Å². The van der Waals surface area contributed by atoms with Crippen molar-refractivity contribution < 1.29 is 17.9 Å². The molecule has 6 nitrogen and oxygen atoms in total. The number of hydrogen-bond acceptors (Lipinski definition) is 5. The molecular weight excluding hydrogens is 459 g/mol. The van der Waals surface area contributed by atoms with E-state index in [1.165, 1.54) is 25.5 Å². The molecule has 3 aromatic rings. The lowest BCUT2D eigenvalue weighted by Gasteiger charge is -2.13. The van der Waals surface area contributed by atoms with Gasteiger partial charge < -0.3 is 9.47 Å². The van der Waals surface area contributed by atoms with Crippen LogP contribution in [0.2, 0.25) is 10.0 Å². The van der Waals surface area contributed by atoms with Crippen molar-refractivity contribution in [3.8, 4) is 11.5 Å². The lowest BCUT2D eigenvalue weighted by atomic mass is 10.2. The molecule has 0 fully saturated rings. The summed E-state index contributed by atoms with van der Waals surface area (Å²) in [5, 5.41) is 4.86. The third-order valence-electron chi connectivity index (χ3n) is 4.34. The summed E-state index contributed by atoms with van der Waals surface area (Å²) in [5.74, 6) is 0.935. The van der Waals surface area contributed by atoms with Crippen molar-refractivity contribution in [3.05, 3.63) is 87.4 Å². The number of hydrazone groups is 1. The Balaban J connectivity index is 1.70. The number of ether oxygens (including phenoxy) is 2. The van der Waals surface area contributed by atoms with E-state index in [-0.39, 0.29) is 11.5 Å². The summed E-state index contributed by atoms with van der Waals surface area (Å²) < 4.78 is 35.8. The first kappa shape index (κ1) is 22.9. The van der Waals surface area contributed by atoms with Crippen molar-refractivity contribution in [3.63, 3.8) is 0 Å². The number of rotatable bonds is 8. The van der Waals surface area contributed by atoms with Crippen LogP contribution in [0, 0.1) is 6.92 Å². The Bertz CT molecular complexity index is 1180. The lowest BCUT2D eigenvalue weighted by Crippen LogP contribution is -2.18. The Morgan fingerprint density at radius 2 is 1.68 bits per heavy atom. The monoisotopic (exact) mass is 478 g/mol. The highest BCUT2D eigenvalue weighted by Gasteiger charge is 2.12. The van der Waals surface area contributed by atoms with Crippen molar-refractivity contribution in [2.45, 2.75) is 18.4 Å². The predicted molar refractivity (Wildman–Crippen MR) is 123 cm³/mol. The van der Waals surface area contributed by atoms with Crippen LogP contribution in [0.15, 0.2) is 70.7 Å². The average Bonchev–Trinajstić information content (AvgIpc) is 2.74. The van der Waals surface area contributed by atoms with Gasteiger partial charge in [0.2, 0.25) is 0 Å². The lowest BCUT2D eigenvalue weighted by molar-refractivity contribution is 0.284. The van der Waals surface area contributed by atoms with Crippen LogP contribution in [0.5, 0.6) is 11.5 Å². The molecule has 0 unspecified atom stereocenters. The number of aryl methyl sites for hydroxylation is 1. The van der Waals surface area contributed by atoms with Crippen molar-refractivity contribution in [2.24, 2.45) is 5.10 Å². The van der Waals surface area contributed by atoms with Crippen LogP contribution in [0.25, 0.3) is 0 Å². The van der Waals surface area contributed by atoms with E-state index in [1.807, 2.05) is 6.92 Å². The minimum atomic E-state index is -3.75. The second-order valence-corrected chi connectivity index (χ2v) is 9.04. The van der Waals surface area contributed by atoms with Crippen LogP contribution in [0.4, 0.5) is 0 Å². The highest BCUT2D eigenvalue weighted by Crippen LogP contribution is 2.31. The summed E-state index contributed by atoms with van der Waals surface area (Å²) in [6.45, 7) is 2.05. The first-order chi connectivity index (χ1) is 14.8. The fourth-order valence-corrected chi connectivity index (χ4v) is 3.94. The van der Waals surface area contributed by atoms with Crippen molar-refractivity contribution >= 4 is 39.4 Å². The molecular formula is C22H20Cl2N2O4S. The molecule has 9 heteroatoms. The molecule has 0 aromatic heterocycles. The van der Waals surface area contributed by atoms with Crippen LogP contribution in [-0.4, -0.2) is 21.7 Å². The SMILES string of the molecule is COc1cc(C=NNS(=O)(=O)c2ccc(C)cc2)ccc1OCc1c(Cl)cccc1Cl. The van der Waals surface area contributed by atoms with Gasteiger partial charge in [0.25, 0.3) is 10.0 Å². The van der Waals surface area contributed by atoms with Crippen LogP contribution in [-0.2, 0) is 16.6 Å². The second-order valence-electron chi connectivity index (χ2n) is 6.57. The van der Waals surface area contributed by atoms with E-state index in [2.05, 4.69) is 9.93 Å². The average molecular weight is 479 g/mol. The van der Waals surface area contributed by atoms with E-state index in [0.29, 0.717) is 32.7 Å². The molecule has 1 N–H and O–H groups in total. The normalized spacial score (nSPS) is 11.5. The van der Waals surface area contributed by atoms with E-state index in [1.54, 1.807) is 48.5 Å². The maximum atomic E-state index is 12.3. The summed E-state index contributed by atoms with van der Waals surface area (Å²) in [6.07, 6.45) is 1.38. The van der Waals surface area contributed by atoms with Gasteiger partial charge in [0.1, 0.15) is 6.61 Å². The quantitative estimate of drug-likeness (QED) is 0.356. The van der Waals surface area contributed by atoms with Gasteiger partial charge in [-0.15, -0.1) is 0 Å². The van der Waals surface area contributed by atoms with Gasteiger partial charge >= 0.3 is 0 Å². The molecule has 3 aromatic carbocycles. The molecule has 0 amide bonds. The number of nitrogens with zero attached hydrogens (tertiary/aromatic N) is 1. The fourth-order valence-electron chi connectivity index (χ4n) is 2.64. The summed E-state index contributed by atoms with van der Waals surface area (Å²) in [4.78, 5) is 2.33. The summed E-state index contributed by atoms with van der Waals surface area (Å²) in [5.41, 5.74) is 2.25. The number of halogens is 2. The number of nitrogens with one attached hydrogen (secondary N) is 1. The largest absolute Gasteiger partial charge is 0.493 e. The molecule has 0 saturated carbocycles. The molecule has 162 valence electrons. The predicted octanol–water partition coefficient (Wildman–Crippen LogP) is 5.20. The Labute approximate surface area is 191 Å². The third kappa shape index (κ3) is 5.91. The van der Waals surface area contributed by atoms with Gasteiger partial charge in [-0.05, 0) is 55.0 Å². The summed E-state index contributed by atoms with van der Waals surface area (Å²) >= 11 is 12.3. The fraction of sp³-hybridized carbons (Fsp3) is 0.136. The third-order valence-corrected chi connectivity index (χ3v) is 6.29. The molecule has 0 saturated heterocycles. The molecule has 0 radical (unpaired) electrons. The number of hydrogen-bond donors (Lipinski definition) is 1. The van der Waals surface area contributed by atoms with Gasteiger partial charge in [-0.3, -0.25) is 0 Å². The smallest absolute Gasteiger partial charge is 0.276 e. The molecule has 0 aliphatic heterocycles. The van der Waals surface area contributed by atoms with Gasteiger partial charge in [-0.25, -0.2) is 4.83 Å². The van der Waals surface area contributed by atoms with E-state index >= 15 is 0 Å². The minimum absolute atomic E-state index is 0.134. The molecule has 0 aliphatic carbocycles. The van der Waals surface area contributed by atoms with Gasteiger partial charge in [0.15, 0.2) is 11.5 Å². The highest BCUT2D eigenvalue weighted by molar-refractivity contribution is 7.89. The number of methoxy groups -OCH3 is 1. The number of sulfonamides is 1. The number of benzene rings is 3. The van der Waals surface area contributed by atoms with Crippen molar-refractivity contribution in [2.75, 3.05) is 7.11 Å². The van der Waals surface area contributed by atoms with Crippen LogP contribution >= 0.6 is 23.2 Å². The van der Waals surface area contributed by atoms with E-state index in [0.717, 1.165) is 5.56 Å². The Morgan fingerprint density at radius 3 is 2.32 bits per heavy atom. The minimum Gasteiger partial charge on any atom is -0.493 e. The maximum absolute atomic E-state index is 12.3. The van der Waals surface area contributed by atoms with E-state index in [4.69, 9.17) is 32.7 Å². The first-order valence-corrected chi connectivity index (χ1v) is 11.4. The first-order valence-electron chi connectivity index (χ1n) is 9.15. The van der Waals surface area contributed by atoms with E-state index < -0.39 is 10.0 Å². The molecule has 0 aliphatic rings. The summed E-state index contributed by atoms with van der Waals surface area (Å²) in [7, 11) is -2.24. The zero-order valence-electron chi connectivity index (χ0n) is 16.8. The molecule has 0 heterocycles. The highest BCUT2D eigenvalue weighted by atomic mass is 35.5. The molecule has 31 heavy (non-hydrogen) atoms. The van der Waals surface area contributed by atoms with E-state index in [9.17, 15) is 8.42 Å². The van der Waals surface area contributed by atoms with Gasteiger partial charge in [0, 0.05) is 15.6 Å². The van der Waals surface area contributed by atoms with Gasteiger partial charge in [-0.1, -0.05) is 47.0 Å². The molecule has 3 rings (SSSR count). The maximum Gasteiger partial charge on any atom is 0.276 e. The summed E-state index contributed by atoms with van der Waals surface area (Å²) in [6, 6.07) is 16.8. The second kappa shape index (κ2) is 10.0. The molecule has 0 spiro atoms. The van der Waals surface area contributed by atoms with Gasteiger partial charge in [0.05, 0.1) is 18.2 Å². The molecule has 0 bridgehead atoms. The Morgan fingerprint density at radius 1 is 1.00 bits per heavy atom. The van der Waals surface area contributed by atoms with Crippen molar-refractivity contribution in [1.82, 2.24) is 4.83 Å². The van der Waals surface area contributed by atoms with Gasteiger partial charge in [-0.2, -0.15) is 13.5 Å². The van der Waals surface area contributed by atoms with Crippen molar-refractivity contribution in [1.29, 1.82) is 0 Å². The standard InChI is InChI=1S/C22H20Cl2N2O4S/c1-15-6-9-17(10-7-15)31(27,28)26-25-13-16-8-11-21(22(12-16)29-2)30-14-18-19(23)4-3-5-20(18)24/h3-13,26H,14H2,1-2H3. The Kier molecular flexibility index (Phi) is 7.43. The zero-order valence-corrected chi connectivity index (χ0v) is 19.1. The van der Waals surface area contributed by atoms with Crippen LogP contribution < -0.4 is 14.3 Å². The zero-order chi connectivity index (χ0) is 22.4. The van der Waals surface area contributed by atoms with Crippen LogP contribution in [0.1, 0.15) is 16.7 Å². The molecule has 0 atom stereocenters. The Hall–Kier alpha value is -2.74.